The molecule has 0 nitrogen and oxygen atoms in total. The maximum absolute atomic E-state index is 2.72. The largest absolute Gasteiger partial charge is 0.0649 e. The van der Waals surface area contributed by atoms with E-state index in [0.29, 0.717) is 43.3 Å². The standard InChI is InChI=1S/C28H46/c1-7-25-11-21(3)9-22(4,12-25)16-27(15-21,19-25)28-17-23(5)10-24(6,18-28)14-26(8-2,13-23)20-28/h7-20H2,1-6H3. The maximum atomic E-state index is 2.72. The lowest BCUT2D eigenvalue weighted by atomic mass is 9.25. The summed E-state index contributed by atoms with van der Waals surface area (Å²) in [5, 5.41) is 0. The third kappa shape index (κ3) is 2.15. The van der Waals surface area contributed by atoms with Crippen LogP contribution >= 0.6 is 0 Å². The van der Waals surface area contributed by atoms with Crippen molar-refractivity contribution in [2.75, 3.05) is 0 Å². The summed E-state index contributed by atoms with van der Waals surface area (Å²) >= 11 is 0. The van der Waals surface area contributed by atoms with E-state index in [4.69, 9.17) is 0 Å². The van der Waals surface area contributed by atoms with Crippen molar-refractivity contribution in [3.05, 3.63) is 0 Å². The van der Waals surface area contributed by atoms with Crippen molar-refractivity contribution in [3.8, 4) is 0 Å². The predicted molar refractivity (Wildman–Crippen MR) is 118 cm³/mol. The Labute approximate surface area is 175 Å². The van der Waals surface area contributed by atoms with Crippen molar-refractivity contribution in [3.63, 3.8) is 0 Å². The van der Waals surface area contributed by atoms with Crippen LogP contribution in [0.15, 0.2) is 0 Å². The first-order valence-corrected chi connectivity index (χ1v) is 12.9. The van der Waals surface area contributed by atoms with Gasteiger partial charge < -0.3 is 0 Å². The van der Waals surface area contributed by atoms with Gasteiger partial charge in [0.05, 0.1) is 0 Å². The van der Waals surface area contributed by atoms with E-state index in [9.17, 15) is 0 Å². The Hall–Kier alpha value is 0. The fourth-order valence-corrected chi connectivity index (χ4v) is 13.8. The minimum atomic E-state index is 0.643. The van der Waals surface area contributed by atoms with Gasteiger partial charge in [-0.25, -0.2) is 0 Å². The molecule has 8 bridgehead atoms. The van der Waals surface area contributed by atoms with E-state index >= 15 is 0 Å². The van der Waals surface area contributed by atoms with Crippen LogP contribution in [0.2, 0.25) is 0 Å². The Morgan fingerprint density at radius 1 is 0.393 bits per heavy atom. The molecule has 158 valence electrons. The molecule has 0 aliphatic heterocycles. The summed E-state index contributed by atoms with van der Waals surface area (Å²) in [7, 11) is 0. The van der Waals surface area contributed by atoms with Gasteiger partial charge in [-0.05, 0) is 120 Å². The topological polar surface area (TPSA) is 0 Å². The summed E-state index contributed by atoms with van der Waals surface area (Å²) in [4.78, 5) is 0. The molecule has 28 heavy (non-hydrogen) atoms. The summed E-state index contributed by atoms with van der Waals surface area (Å²) in [6, 6.07) is 0. The van der Waals surface area contributed by atoms with Gasteiger partial charge in [0.25, 0.3) is 0 Å². The molecule has 4 unspecified atom stereocenters. The molecule has 8 fully saturated rings. The lowest BCUT2D eigenvalue weighted by molar-refractivity contribution is -0.299. The van der Waals surface area contributed by atoms with E-state index in [0.717, 1.165) is 0 Å². The van der Waals surface area contributed by atoms with Gasteiger partial charge in [-0.3, -0.25) is 0 Å². The van der Waals surface area contributed by atoms with Gasteiger partial charge in [-0.15, -0.1) is 0 Å². The SMILES string of the molecule is CCC12CC3(C)CC(C)(C1)CC(C14CC5(C)CC(C)(CC(CC)(C5)C1)C4)(C3)C2. The third-order valence-electron chi connectivity index (χ3n) is 12.0. The molecule has 0 N–H and O–H groups in total. The second-order valence-corrected chi connectivity index (χ2v) is 15.6. The van der Waals surface area contributed by atoms with E-state index < -0.39 is 0 Å². The summed E-state index contributed by atoms with van der Waals surface area (Å²) < 4.78 is 0. The number of hydrogen-bond donors (Lipinski definition) is 0. The first-order valence-electron chi connectivity index (χ1n) is 12.9. The van der Waals surface area contributed by atoms with Gasteiger partial charge in [0.1, 0.15) is 0 Å². The van der Waals surface area contributed by atoms with Crippen LogP contribution in [0.4, 0.5) is 0 Å². The highest BCUT2D eigenvalue weighted by Gasteiger charge is 2.75. The molecule has 4 atom stereocenters. The summed E-state index contributed by atoms with van der Waals surface area (Å²) in [5.41, 5.74) is 5.28. The van der Waals surface area contributed by atoms with E-state index in [-0.39, 0.29) is 0 Å². The predicted octanol–water partition coefficient (Wildman–Crippen LogP) is 8.54. The molecule has 8 saturated carbocycles. The van der Waals surface area contributed by atoms with Crippen molar-refractivity contribution in [2.24, 2.45) is 43.3 Å². The second-order valence-electron chi connectivity index (χ2n) is 15.6. The van der Waals surface area contributed by atoms with Crippen LogP contribution in [0, 0.1) is 43.3 Å². The first-order chi connectivity index (χ1) is 12.9. The van der Waals surface area contributed by atoms with E-state index in [1.165, 1.54) is 25.7 Å². The van der Waals surface area contributed by atoms with Crippen LogP contribution in [0.1, 0.15) is 131 Å². The van der Waals surface area contributed by atoms with Gasteiger partial charge >= 0.3 is 0 Å². The van der Waals surface area contributed by atoms with Crippen LogP contribution < -0.4 is 0 Å². The fraction of sp³-hybridized carbons (Fsp3) is 1.00. The molecule has 0 radical (unpaired) electrons. The van der Waals surface area contributed by atoms with Crippen LogP contribution in [-0.2, 0) is 0 Å². The normalized spacial score (nSPS) is 66.6. The zero-order valence-corrected chi connectivity index (χ0v) is 19.9. The van der Waals surface area contributed by atoms with Crippen molar-refractivity contribution in [1.82, 2.24) is 0 Å². The molecule has 0 aromatic heterocycles. The van der Waals surface area contributed by atoms with Gasteiger partial charge in [-0.2, -0.15) is 0 Å². The van der Waals surface area contributed by atoms with Crippen molar-refractivity contribution < 1.29 is 0 Å². The Kier molecular flexibility index (Phi) is 3.18. The molecular weight excluding hydrogens is 336 g/mol. The van der Waals surface area contributed by atoms with Crippen LogP contribution in [0.3, 0.4) is 0 Å². The molecule has 8 aliphatic carbocycles. The smallest absolute Gasteiger partial charge is 0.0225 e. The highest BCUT2D eigenvalue weighted by atomic mass is 14.8. The first kappa shape index (κ1) is 18.7. The molecule has 8 rings (SSSR count). The molecule has 0 aromatic rings. The quantitative estimate of drug-likeness (QED) is 0.458. The summed E-state index contributed by atoms with van der Waals surface area (Å²) in [5.74, 6) is 0. The Balaban J connectivity index is 1.52. The van der Waals surface area contributed by atoms with E-state index in [1.807, 2.05) is 0 Å². The average Bonchev–Trinajstić information content (AvgIpc) is 2.48. The van der Waals surface area contributed by atoms with Crippen LogP contribution in [0.5, 0.6) is 0 Å². The lowest BCUT2D eigenvalue weighted by Gasteiger charge is -2.80. The monoisotopic (exact) mass is 382 g/mol. The second kappa shape index (κ2) is 4.75. The lowest BCUT2D eigenvalue weighted by Crippen LogP contribution is -2.70. The van der Waals surface area contributed by atoms with Crippen LogP contribution in [-0.4, -0.2) is 0 Å². The molecule has 0 saturated heterocycles. The van der Waals surface area contributed by atoms with Crippen molar-refractivity contribution in [2.45, 2.75) is 131 Å². The molecule has 0 spiro atoms. The van der Waals surface area contributed by atoms with Gasteiger partial charge in [0.15, 0.2) is 0 Å². The van der Waals surface area contributed by atoms with E-state index in [2.05, 4.69) is 41.5 Å². The Morgan fingerprint density at radius 2 is 0.679 bits per heavy atom. The maximum Gasteiger partial charge on any atom is -0.0225 e. The Morgan fingerprint density at radius 3 is 0.929 bits per heavy atom. The summed E-state index contributed by atoms with van der Waals surface area (Å²) in [6.45, 7) is 16.0. The zero-order valence-electron chi connectivity index (χ0n) is 19.9. The number of rotatable bonds is 3. The minimum absolute atomic E-state index is 0.643. The van der Waals surface area contributed by atoms with Gasteiger partial charge in [0, 0.05) is 0 Å². The van der Waals surface area contributed by atoms with Gasteiger partial charge in [-0.1, -0.05) is 54.4 Å². The fourth-order valence-electron chi connectivity index (χ4n) is 13.8. The zero-order chi connectivity index (χ0) is 19.9. The van der Waals surface area contributed by atoms with Crippen molar-refractivity contribution in [1.29, 1.82) is 0 Å². The molecule has 0 amide bonds. The highest BCUT2D eigenvalue weighted by molar-refractivity contribution is 5.25. The van der Waals surface area contributed by atoms with Crippen LogP contribution in [0.25, 0.3) is 0 Å². The molecular formula is C28H46. The Bertz CT molecular complexity index is 628. The molecule has 0 aromatic carbocycles. The van der Waals surface area contributed by atoms with E-state index in [1.54, 1.807) is 64.2 Å². The van der Waals surface area contributed by atoms with Crippen molar-refractivity contribution >= 4 is 0 Å². The number of hydrogen-bond acceptors (Lipinski definition) is 0. The molecule has 0 heterocycles. The molecule has 0 heteroatoms. The summed E-state index contributed by atoms with van der Waals surface area (Å²) in [6.07, 6.45) is 21.7. The molecule has 8 aliphatic rings. The minimum Gasteiger partial charge on any atom is -0.0649 e. The average molecular weight is 383 g/mol. The highest BCUT2D eigenvalue weighted by Crippen LogP contribution is 2.85. The van der Waals surface area contributed by atoms with Gasteiger partial charge in [0.2, 0.25) is 0 Å². The third-order valence-corrected chi connectivity index (χ3v) is 12.0.